The summed E-state index contributed by atoms with van der Waals surface area (Å²) in [5.74, 6) is 0.494. The highest BCUT2D eigenvalue weighted by molar-refractivity contribution is 7.55. The first-order valence-electron chi connectivity index (χ1n) is 8.42. The van der Waals surface area contributed by atoms with Crippen LogP contribution in [0.2, 0.25) is 0 Å². The van der Waals surface area contributed by atoms with Gasteiger partial charge in [-0.15, -0.1) is 0 Å². The molecule has 0 bridgehead atoms. The van der Waals surface area contributed by atoms with Crippen molar-refractivity contribution in [2.45, 2.75) is 66.0 Å². The summed E-state index contributed by atoms with van der Waals surface area (Å²) in [5.41, 5.74) is 0.404. The van der Waals surface area contributed by atoms with Crippen LogP contribution < -0.4 is 0 Å². The highest BCUT2D eigenvalue weighted by Gasteiger charge is 2.42. The van der Waals surface area contributed by atoms with Crippen LogP contribution in [0.5, 0.6) is 0 Å². The number of carbonyl (C=O) groups is 1. The average Bonchev–Trinajstić information content (AvgIpc) is 2.50. The van der Waals surface area contributed by atoms with Gasteiger partial charge in [0.15, 0.2) is 5.78 Å². The second-order valence-corrected chi connectivity index (χ2v) is 8.83. The fourth-order valence-electron chi connectivity index (χ4n) is 2.15. The Bertz CT molecular complexity index is 426. The van der Waals surface area contributed by atoms with E-state index in [2.05, 4.69) is 13.8 Å². The fraction of sp³-hybridized carbons (Fsp3) is 0.824. The van der Waals surface area contributed by atoms with Crippen LogP contribution in [0.15, 0.2) is 11.6 Å². The maximum absolute atomic E-state index is 13.2. The molecular weight excluding hydrogens is 299 g/mol. The molecule has 0 aromatic rings. The molecule has 0 aromatic heterocycles. The van der Waals surface area contributed by atoms with E-state index in [1.165, 1.54) is 0 Å². The third kappa shape index (κ3) is 5.64. The van der Waals surface area contributed by atoms with E-state index in [0.717, 1.165) is 24.8 Å². The van der Waals surface area contributed by atoms with Crippen molar-refractivity contribution in [3.05, 3.63) is 11.6 Å². The second kappa shape index (κ2) is 9.00. The maximum atomic E-state index is 13.2. The highest BCUT2D eigenvalue weighted by atomic mass is 31.2. The molecule has 0 saturated heterocycles. The van der Waals surface area contributed by atoms with Gasteiger partial charge in [-0.25, -0.2) is 0 Å². The number of hydrogen-bond acceptors (Lipinski definition) is 4. The van der Waals surface area contributed by atoms with Crippen molar-refractivity contribution >= 4 is 13.4 Å². The summed E-state index contributed by atoms with van der Waals surface area (Å²) in [6.07, 6.45) is 4.82. The lowest BCUT2D eigenvalue weighted by Gasteiger charge is -2.29. The molecule has 1 aliphatic carbocycles. The highest BCUT2D eigenvalue weighted by Crippen LogP contribution is 2.56. The van der Waals surface area contributed by atoms with Gasteiger partial charge in [0.05, 0.1) is 13.2 Å². The zero-order valence-corrected chi connectivity index (χ0v) is 15.5. The zero-order valence-electron chi connectivity index (χ0n) is 14.6. The Morgan fingerprint density at radius 3 is 2.09 bits per heavy atom. The van der Waals surface area contributed by atoms with Gasteiger partial charge >= 0.3 is 7.60 Å². The van der Waals surface area contributed by atoms with Crippen molar-refractivity contribution in [2.24, 2.45) is 11.8 Å². The van der Waals surface area contributed by atoms with Crippen LogP contribution in [0.25, 0.3) is 0 Å². The van der Waals surface area contributed by atoms with E-state index in [1.807, 2.05) is 20.8 Å². The molecule has 0 amide bonds. The van der Waals surface area contributed by atoms with Crippen LogP contribution in [0, 0.1) is 11.8 Å². The summed E-state index contributed by atoms with van der Waals surface area (Å²) in [6.45, 7) is 10.9. The summed E-state index contributed by atoms with van der Waals surface area (Å²) in [6, 6.07) is 0. The second-order valence-electron chi connectivity index (χ2n) is 6.61. The topological polar surface area (TPSA) is 52.6 Å². The molecule has 1 aliphatic rings. The molecule has 3 atom stereocenters. The minimum Gasteiger partial charge on any atom is -0.308 e. The number of ketones is 1. The molecule has 0 N–H and O–H groups in total. The molecule has 22 heavy (non-hydrogen) atoms. The Balaban J connectivity index is 2.85. The molecule has 0 aliphatic heterocycles. The Labute approximate surface area is 135 Å². The first-order chi connectivity index (χ1) is 10.3. The standard InChI is InChI=1S/C17H31O4P/c1-6-13(3)11-20-22(19,21-12-14(4)7-2)17-9-8-15(5)10-16(17)18/h10,13-14,17H,6-9,11-12H2,1-5H3/t13-,14-,17?/m0/s1. The number of hydrogen-bond donors (Lipinski definition) is 0. The van der Waals surface area contributed by atoms with E-state index >= 15 is 0 Å². The Hall–Kier alpha value is -0.440. The summed E-state index contributed by atoms with van der Waals surface area (Å²) < 4.78 is 24.6. The first kappa shape index (κ1) is 19.6. The van der Waals surface area contributed by atoms with Gasteiger partial charge < -0.3 is 9.05 Å². The summed E-state index contributed by atoms with van der Waals surface area (Å²) in [7, 11) is -3.41. The Morgan fingerprint density at radius 2 is 1.68 bits per heavy atom. The molecule has 128 valence electrons. The van der Waals surface area contributed by atoms with Gasteiger partial charge in [-0.3, -0.25) is 9.36 Å². The minimum atomic E-state index is -3.41. The van der Waals surface area contributed by atoms with E-state index in [4.69, 9.17) is 9.05 Å². The number of allylic oxidation sites excluding steroid dienone is 2. The third-order valence-electron chi connectivity index (χ3n) is 4.38. The van der Waals surface area contributed by atoms with E-state index in [0.29, 0.717) is 31.5 Å². The molecule has 0 radical (unpaired) electrons. The molecular formula is C17H31O4P. The lowest BCUT2D eigenvalue weighted by molar-refractivity contribution is -0.115. The maximum Gasteiger partial charge on any atom is 0.341 e. The number of carbonyl (C=O) groups excluding carboxylic acids is 1. The molecule has 0 aromatic carbocycles. The molecule has 0 fully saturated rings. The smallest absolute Gasteiger partial charge is 0.308 e. The summed E-state index contributed by atoms with van der Waals surface area (Å²) in [4.78, 5) is 12.3. The van der Waals surface area contributed by atoms with Gasteiger partial charge in [0, 0.05) is 0 Å². The van der Waals surface area contributed by atoms with Crippen molar-refractivity contribution in [1.82, 2.24) is 0 Å². The van der Waals surface area contributed by atoms with Crippen molar-refractivity contribution in [1.29, 1.82) is 0 Å². The monoisotopic (exact) mass is 330 g/mol. The molecule has 0 saturated carbocycles. The van der Waals surface area contributed by atoms with Crippen LogP contribution in [0.4, 0.5) is 0 Å². The normalized spacial score (nSPS) is 22.3. The van der Waals surface area contributed by atoms with Crippen LogP contribution in [0.3, 0.4) is 0 Å². The van der Waals surface area contributed by atoms with Crippen LogP contribution >= 0.6 is 7.60 Å². The average molecular weight is 330 g/mol. The van der Waals surface area contributed by atoms with E-state index in [9.17, 15) is 9.36 Å². The van der Waals surface area contributed by atoms with Gasteiger partial charge in [0.2, 0.25) is 0 Å². The predicted octanol–water partition coefficient (Wildman–Crippen LogP) is 4.98. The first-order valence-corrected chi connectivity index (χ1v) is 10.0. The zero-order chi connectivity index (χ0) is 16.8. The largest absolute Gasteiger partial charge is 0.341 e. The van der Waals surface area contributed by atoms with Crippen LogP contribution in [-0.2, 0) is 18.4 Å². The van der Waals surface area contributed by atoms with Gasteiger partial charge in [0.1, 0.15) is 5.66 Å². The fourth-order valence-corrected chi connectivity index (χ4v) is 4.34. The van der Waals surface area contributed by atoms with Crippen LogP contribution in [-0.4, -0.2) is 24.7 Å². The van der Waals surface area contributed by atoms with E-state index in [1.54, 1.807) is 6.08 Å². The van der Waals surface area contributed by atoms with Crippen molar-refractivity contribution in [3.8, 4) is 0 Å². The molecule has 1 unspecified atom stereocenters. The molecule has 0 spiro atoms. The number of rotatable bonds is 9. The molecule has 1 rings (SSSR count). The van der Waals surface area contributed by atoms with Gasteiger partial charge in [-0.2, -0.15) is 0 Å². The van der Waals surface area contributed by atoms with Crippen molar-refractivity contribution < 1.29 is 18.4 Å². The summed E-state index contributed by atoms with van der Waals surface area (Å²) >= 11 is 0. The molecule has 4 nitrogen and oxygen atoms in total. The Morgan fingerprint density at radius 1 is 1.18 bits per heavy atom. The lowest BCUT2D eigenvalue weighted by atomic mass is 10.00. The summed E-state index contributed by atoms with van der Waals surface area (Å²) in [5, 5.41) is 0. The SMILES string of the molecule is CC[C@H](C)COP(=O)(OC[C@@H](C)CC)C1CCC(C)=CC1=O. The van der Waals surface area contributed by atoms with Crippen molar-refractivity contribution in [2.75, 3.05) is 13.2 Å². The quantitative estimate of drug-likeness (QED) is 0.559. The molecule has 5 heteroatoms. The Kier molecular flexibility index (Phi) is 8.02. The van der Waals surface area contributed by atoms with Crippen LogP contribution in [0.1, 0.15) is 60.3 Å². The van der Waals surface area contributed by atoms with E-state index < -0.39 is 13.3 Å². The molecule has 0 heterocycles. The predicted molar refractivity (Wildman–Crippen MR) is 90.2 cm³/mol. The van der Waals surface area contributed by atoms with Gasteiger partial charge in [-0.05, 0) is 37.7 Å². The van der Waals surface area contributed by atoms with Crippen molar-refractivity contribution in [3.63, 3.8) is 0 Å². The minimum absolute atomic E-state index is 0.111. The van der Waals surface area contributed by atoms with Gasteiger partial charge in [-0.1, -0.05) is 46.1 Å². The van der Waals surface area contributed by atoms with E-state index in [-0.39, 0.29) is 5.78 Å². The third-order valence-corrected chi connectivity index (χ3v) is 6.68. The van der Waals surface area contributed by atoms with Gasteiger partial charge in [0.25, 0.3) is 0 Å². The lowest BCUT2D eigenvalue weighted by Crippen LogP contribution is -2.26.